The smallest absolute Gasteiger partial charge is 0.178 e. The maximum Gasteiger partial charge on any atom is 0.178 e. The van der Waals surface area contributed by atoms with Crippen molar-refractivity contribution < 1.29 is 39.9 Å². The van der Waals surface area contributed by atoms with Crippen molar-refractivity contribution >= 4 is 11.6 Å². The molecule has 0 aromatic carbocycles. The van der Waals surface area contributed by atoms with Gasteiger partial charge in [-0.1, -0.05) is 129 Å². The molecular formula is C34H65NO8. The Bertz CT molecular complexity index is 752. The van der Waals surface area contributed by atoms with Gasteiger partial charge >= 0.3 is 0 Å². The summed E-state index contributed by atoms with van der Waals surface area (Å²) in [7, 11) is 0. The Morgan fingerprint density at radius 3 is 1.49 bits per heavy atom. The average Bonchev–Trinajstić information content (AvgIpc) is 2.98. The zero-order valence-corrected chi connectivity index (χ0v) is 27.3. The molecular weight excluding hydrogens is 550 g/mol. The van der Waals surface area contributed by atoms with Gasteiger partial charge < -0.3 is 36.0 Å². The van der Waals surface area contributed by atoms with Gasteiger partial charge in [-0.05, 0) is 12.8 Å². The van der Waals surface area contributed by atoms with Crippen LogP contribution in [-0.2, 0) is 14.3 Å². The largest absolute Gasteiger partial charge is 0.394 e. The van der Waals surface area contributed by atoms with Crippen LogP contribution in [0.25, 0.3) is 0 Å². The van der Waals surface area contributed by atoms with E-state index in [2.05, 4.69) is 13.8 Å². The lowest BCUT2D eigenvalue weighted by Gasteiger charge is -2.51. The predicted octanol–water partition coefficient (Wildman–Crippen LogP) is 4.65. The van der Waals surface area contributed by atoms with Crippen LogP contribution in [0.3, 0.4) is 0 Å². The highest BCUT2D eigenvalue weighted by molar-refractivity contribution is 6.01. The average molecular weight is 616 g/mol. The number of hydrogen-bond acceptors (Lipinski definition) is 9. The molecule has 43 heavy (non-hydrogen) atoms. The van der Waals surface area contributed by atoms with Gasteiger partial charge in [-0.2, -0.15) is 0 Å². The highest BCUT2D eigenvalue weighted by atomic mass is 16.5. The molecule has 1 aliphatic heterocycles. The minimum atomic E-state index is -2.77. The molecule has 0 bridgehead atoms. The third-order valence-electron chi connectivity index (χ3n) is 9.21. The quantitative estimate of drug-likeness (QED) is 0.0720. The van der Waals surface area contributed by atoms with Crippen molar-refractivity contribution in [3.05, 3.63) is 0 Å². The van der Waals surface area contributed by atoms with Gasteiger partial charge in [-0.15, -0.1) is 0 Å². The molecule has 0 amide bonds. The van der Waals surface area contributed by atoms with Crippen molar-refractivity contribution in [1.29, 1.82) is 0 Å². The number of rotatable bonds is 27. The molecule has 2 unspecified atom stereocenters. The fourth-order valence-electron chi connectivity index (χ4n) is 6.18. The maximum absolute atomic E-state index is 13.4. The SMILES string of the molecule is CCCCCCCCCCCC(O)CC(=O)[C@]1(N)CO[C@H](CO)[C@@H](O)[C@@]1(O)C(=O)CC(O)CCCCCCCCCCC. The Morgan fingerprint density at radius 2 is 1.09 bits per heavy atom. The molecule has 0 aliphatic carbocycles. The van der Waals surface area contributed by atoms with E-state index in [4.69, 9.17) is 10.5 Å². The van der Waals surface area contributed by atoms with Crippen molar-refractivity contribution in [2.75, 3.05) is 13.2 Å². The molecule has 0 radical (unpaired) electrons. The number of unbranched alkanes of at least 4 members (excludes halogenated alkanes) is 16. The number of ketones is 2. The lowest BCUT2D eigenvalue weighted by molar-refractivity contribution is -0.229. The highest BCUT2D eigenvalue weighted by Gasteiger charge is 2.65. The second-order valence-corrected chi connectivity index (χ2v) is 13.0. The molecule has 9 nitrogen and oxygen atoms in total. The molecule has 1 heterocycles. The van der Waals surface area contributed by atoms with Crippen LogP contribution in [-0.4, -0.2) is 85.9 Å². The fraction of sp³-hybridized carbons (Fsp3) is 0.941. The van der Waals surface area contributed by atoms with E-state index in [0.29, 0.717) is 19.3 Å². The summed E-state index contributed by atoms with van der Waals surface area (Å²) in [5, 5.41) is 53.3. The first-order valence-corrected chi connectivity index (χ1v) is 17.4. The molecule has 1 saturated heterocycles. The van der Waals surface area contributed by atoms with Crippen molar-refractivity contribution in [3.63, 3.8) is 0 Å². The number of aliphatic hydroxyl groups is 5. The lowest BCUT2D eigenvalue weighted by Crippen LogP contribution is -2.80. The third kappa shape index (κ3) is 13.5. The van der Waals surface area contributed by atoms with Gasteiger partial charge in [0.25, 0.3) is 0 Å². The normalized spacial score (nSPS) is 25.5. The number of aliphatic hydroxyl groups excluding tert-OH is 4. The summed E-state index contributed by atoms with van der Waals surface area (Å²) in [6.45, 7) is 3.09. The topological polar surface area (TPSA) is 171 Å². The van der Waals surface area contributed by atoms with E-state index in [1.54, 1.807) is 0 Å². The predicted molar refractivity (Wildman–Crippen MR) is 170 cm³/mol. The van der Waals surface area contributed by atoms with Crippen molar-refractivity contribution in [2.24, 2.45) is 5.73 Å². The monoisotopic (exact) mass is 615 g/mol. The van der Waals surface area contributed by atoms with E-state index < -0.39 is 73.2 Å². The number of ether oxygens (including phenoxy) is 1. The first kappa shape index (κ1) is 40.1. The van der Waals surface area contributed by atoms with Crippen LogP contribution in [0.15, 0.2) is 0 Å². The molecule has 0 saturated carbocycles. The van der Waals surface area contributed by atoms with E-state index in [-0.39, 0.29) is 0 Å². The van der Waals surface area contributed by atoms with E-state index >= 15 is 0 Å². The van der Waals surface area contributed by atoms with Gasteiger partial charge in [0.2, 0.25) is 0 Å². The minimum Gasteiger partial charge on any atom is -0.394 e. The summed E-state index contributed by atoms with van der Waals surface area (Å²) < 4.78 is 5.40. The number of carbonyl (C=O) groups is 2. The van der Waals surface area contributed by atoms with Crippen LogP contribution in [0.4, 0.5) is 0 Å². The number of nitrogens with two attached hydrogens (primary N) is 1. The first-order valence-electron chi connectivity index (χ1n) is 17.4. The number of hydrogen-bond donors (Lipinski definition) is 6. The summed E-state index contributed by atoms with van der Waals surface area (Å²) in [5.74, 6) is -1.76. The third-order valence-corrected chi connectivity index (χ3v) is 9.21. The molecule has 0 spiro atoms. The van der Waals surface area contributed by atoms with Gasteiger partial charge in [0.1, 0.15) is 17.7 Å². The molecule has 9 heteroatoms. The molecule has 7 N–H and O–H groups in total. The zero-order valence-electron chi connectivity index (χ0n) is 27.3. The molecule has 0 aromatic heterocycles. The number of Topliss-reactive ketones (excluding diaryl/α,β-unsaturated/α-hetero) is 2. The Hall–Kier alpha value is -0.940. The standard InChI is InChI=1S/C34H65NO8/c1-3-5-7-9-11-13-15-17-19-21-27(37)23-30(39)33(35)26-43-29(25-36)32(41)34(33,42)31(40)24-28(38)22-20-18-16-14-12-10-8-6-4-2/h27-29,32,36-38,41-42H,3-26,35H2,1-2H3/t27?,28?,29-,32-,33-,34+/m1/s1. The Balaban J connectivity index is 2.63. The first-order chi connectivity index (χ1) is 20.6. The molecule has 1 aliphatic rings. The van der Waals surface area contributed by atoms with Crippen LogP contribution in [0.5, 0.6) is 0 Å². The Labute approximate surface area is 261 Å². The van der Waals surface area contributed by atoms with E-state index in [1.165, 1.54) is 64.2 Å². The van der Waals surface area contributed by atoms with Crippen molar-refractivity contribution in [2.45, 2.75) is 191 Å². The summed E-state index contributed by atoms with van der Waals surface area (Å²) in [6, 6.07) is 0. The summed E-state index contributed by atoms with van der Waals surface area (Å²) in [5.41, 5.74) is 1.28. The zero-order chi connectivity index (χ0) is 32.1. The molecule has 1 fully saturated rings. The maximum atomic E-state index is 13.4. The second-order valence-electron chi connectivity index (χ2n) is 13.0. The Kier molecular flexibility index (Phi) is 21.0. The number of carbonyl (C=O) groups excluding carboxylic acids is 2. The van der Waals surface area contributed by atoms with Crippen molar-refractivity contribution in [1.82, 2.24) is 0 Å². The van der Waals surface area contributed by atoms with Crippen molar-refractivity contribution in [3.8, 4) is 0 Å². The van der Waals surface area contributed by atoms with Crippen LogP contribution >= 0.6 is 0 Å². The molecule has 0 aromatic rings. The van der Waals surface area contributed by atoms with Crippen LogP contribution in [0.2, 0.25) is 0 Å². The lowest BCUT2D eigenvalue weighted by atomic mass is 9.66. The Morgan fingerprint density at radius 1 is 0.721 bits per heavy atom. The van der Waals surface area contributed by atoms with Crippen LogP contribution in [0.1, 0.15) is 155 Å². The van der Waals surface area contributed by atoms with E-state index in [0.717, 1.165) is 44.9 Å². The molecule has 6 atom stereocenters. The van der Waals surface area contributed by atoms with Gasteiger partial charge in [-0.3, -0.25) is 9.59 Å². The van der Waals surface area contributed by atoms with Gasteiger partial charge in [0.15, 0.2) is 17.2 Å². The van der Waals surface area contributed by atoms with Crippen LogP contribution in [0, 0.1) is 0 Å². The highest BCUT2D eigenvalue weighted by Crippen LogP contribution is 2.36. The van der Waals surface area contributed by atoms with Gasteiger partial charge in [-0.25, -0.2) is 0 Å². The van der Waals surface area contributed by atoms with E-state index in [1.807, 2.05) is 0 Å². The fourth-order valence-corrected chi connectivity index (χ4v) is 6.18. The summed E-state index contributed by atoms with van der Waals surface area (Å²) in [4.78, 5) is 26.8. The molecule has 254 valence electrons. The van der Waals surface area contributed by atoms with Gasteiger partial charge in [0, 0.05) is 12.8 Å². The van der Waals surface area contributed by atoms with E-state index in [9.17, 15) is 35.1 Å². The molecule has 1 rings (SSSR count). The van der Waals surface area contributed by atoms with Gasteiger partial charge in [0.05, 0.1) is 25.4 Å². The summed E-state index contributed by atoms with van der Waals surface area (Å²) in [6.07, 6.45) is 14.5. The summed E-state index contributed by atoms with van der Waals surface area (Å²) >= 11 is 0. The van der Waals surface area contributed by atoms with Crippen LogP contribution < -0.4 is 5.73 Å². The second kappa shape index (κ2) is 22.5. The minimum absolute atomic E-state index is 0.344.